The highest BCUT2D eigenvalue weighted by molar-refractivity contribution is 7.18. The second-order valence-electron chi connectivity index (χ2n) is 7.39. The maximum atomic E-state index is 13.2. The summed E-state index contributed by atoms with van der Waals surface area (Å²) >= 11 is 7.07. The topological polar surface area (TPSA) is 101 Å². The molecule has 10 heteroatoms. The molecule has 1 aromatic carbocycles. The predicted molar refractivity (Wildman–Crippen MR) is 127 cm³/mol. The number of pyridine rings is 1. The van der Waals surface area contributed by atoms with E-state index in [4.69, 9.17) is 16.3 Å². The Hall–Kier alpha value is -3.27. The van der Waals surface area contributed by atoms with Crippen molar-refractivity contribution in [2.45, 2.75) is 13.0 Å². The van der Waals surface area contributed by atoms with E-state index in [1.807, 2.05) is 6.92 Å². The summed E-state index contributed by atoms with van der Waals surface area (Å²) < 4.78 is 5.67. The number of hydrogen-bond acceptors (Lipinski definition) is 6. The molecule has 2 aromatic heterocycles. The summed E-state index contributed by atoms with van der Waals surface area (Å²) in [4.78, 5) is 44.2. The normalized spacial score (nSPS) is 14.6. The van der Waals surface area contributed by atoms with Crippen LogP contribution in [-0.2, 0) is 14.3 Å². The lowest BCUT2D eigenvalue weighted by Crippen LogP contribution is -2.42. The van der Waals surface area contributed by atoms with Gasteiger partial charge >= 0.3 is 0 Å². The van der Waals surface area contributed by atoms with Gasteiger partial charge in [-0.15, -0.1) is 11.3 Å². The van der Waals surface area contributed by atoms with E-state index in [9.17, 15) is 14.4 Å². The smallest absolute Gasteiger partial charge is 0.262 e. The number of hydrogen-bond donors (Lipinski definition) is 2. The van der Waals surface area contributed by atoms with Crippen LogP contribution in [0.15, 0.2) is 54.9 Å². The van der Waals surface area contributed by atoms with Crippen LogP contribution < -0.4 is 15.5 Å². The van der Waals surface area contributed by atoms with Gasteiger partial charge in [-0.1, -0.05) is 17.7 Å². The molecule has 0 saturated carbocycles. The lowest BCUT2D eigenvalue weighted by Gasteiger charge is -2.28. The number of carbonyl (C=O) groups is 3. The Morgan fingerprint density at radius 3 is 2.76 bits per heavy atom. The monoisotopic (exact) mass is 484 g/mol. The number of halogens is 1. The van der Waals surface area contributed by atoms with E-state index in [1.165, 1.54) is 6.20 Å². The third-order valence-electron chi connectivity index (χ3n) is 5.09. The zero-order valence-electron chi connectivity index (χ0n) is 17.7. The highest BCUT2D eigenvalue weighted by Gasteiger charge is 2.25. The number of morpholine rings is 1. The number of thiophene rings is 1. The summed E-state index contributed by atoms with van der Waals surface area (Å²) in [5.74, 6) is -0.934. The summed E-state index contributed by atoms with van der Waals surface area (Å²) in [6.45, 7) is 2.88. The summed E-state index contributed by atoms with van der Waals surface area (Å²) in [7, 11) is 0. The van der Waals surface area contributed by atoms with Gasteiger partial charge < -0.3 is 20.3 Å². The van der Waals surface area contributed by atoms with Gasteiger partial charge in [-0.25, -0.2) is 0 Å². The Morgan fingerprint density at radius 1 is 1.24 bits per heavy atom. The maximum absolute atomic E-state index is 13.2. The molecule has 3 aromatic rings. The number of aromatic nitrogens is 1. The number of ether oxygens (including phenoxy) is 1. The van der Waals surface area contributed by atoms with E-state index in [0.717, 1.165) is 22.6 Å². The fourth-order valence-corrected chi connectivity index (χ4v) is 4.45. The van der Waals surface area contributed by atoms with Gasteiger partial charge in [0.1, 0.15) is 12.6 Å². The second-order valence-corrected chi connectivity index (χ2v) is 9.10. The molecule has 8 nitrogen and oxygen atoms in total. The minimum Gasteiger partial charge on any atom is -0.370 e. The van der Waals surface area contributed by atoms with Gasteiger partial charge in [0.05, 0.1) is 15.8 Å². The number of rotatable bonds is 6. The first kappa shape index (κ1) is 22.9. The largest absolute Gasteiger partial charge is 0.370 e. The molecule has 1 fully saturated rings. The highest BCUT2D eigenvalue weighted by atomic mass is 35.5. The third-order valence-corrected chi connectivity index (χ3v) is 6.32. The van der Waals surface area contributed by atoms with Crippen molar-refractivity contribution in [3.05, 3.63) is 75.2 Å². The van der Waals surface area contributed by atoms with Gasteiger partial charge in [-0.2, -0.15) is 0 Å². The van der Waals surface area contributed by atoms with E-state index in [1.54, 1.807) is 53.6 Å². The van der Waals surface area contributed by atoms with Crippen molar-refractivity contribution in [1.29, 1.82) is 0 Å². The SMILES string of the molecule is Cc1cc(NC(=O)C(NC(=O)c2ccc(Cl)s2)c2cccnc2)ccc1N1CCOCC1=O. The van der Waals surface area contributed by atoms with E-state index in [0.29, 0.717) is 33.6 Å². The highest BCUT2D eigenvalue weighted by Crippen LogP contribution is 2.26. The average molecular weight is 485 g/mol. The first-order valence-corrected chi connectivity index (χ1v) is 11.4. The van der Waals surface area contributed by atoms with Crippen LogP contribution in [0.1, 0.15) is 26.8 Å². The minimum atomic E-state index is -0.965. The molecule has 1 atom stereocenters. The van der Waals surface area contributed by atoms with Crippen LogP contribution in [0.2, 0.25) is 4.34 Å². The molecular formula is C23H21ClN4O4S. The van der Waals surface area contributed by atoms with Gasteiger partial charge in [0, 0.05) is 35.9 Å². The molecule has 4 rings (SSSR count). The lowest BCUT2D eigenvalue weighted by molar-refractivity contribution is -0.125. The molecule has 1 aliphatic rings. The van der Waals surface area contributed by atoms with Crippen LogP contribution in [0.3, 0.4) is 0 Å². The fourth-order valence-electron chi connectivity index (χ4n) is 3.51. The molecule has 170 valence electrons. The van der Waals surface area contributed by atoms with E-state index < -0.39 is 17.9 Å². The molecular weight excluding hydrogens is 464 g/mol. The van der Waals surface area contributed by atoms with Crippen LogP contribution in [0.25, 0.3) is 0 Å². The number of aryl methyl sites for hydroxylation is 1. The Kier molecular flexibility index (Phi) is 7.02. The molecule has 1 saturated heterocycles. The average Bonchev–Trinajstić information content (AvgIpc) is 3.25. The van der Waals surface area contributed by atoms with Crippen LogP contribution in [0.5, 0.6) is 0 Å². The van der Waals surface area contributed by atoms with Crippen LogP contribution >= 0.6 is 22.9 Å². The summed E-state index contributed by atoms with van der Waals surface area (Å²) in [5.41, 5.74) is 2.69. The van der Waals surface area contributed by atoms with Crippen molar-refractivity contribution < 1.29 is 19.1 Å². The lowest BCUT2D eigenvalue weighted by atomic mass is 10.1. The van der Waals surface area contributed by atoms with Gasteiger partial charge in [-0.05, 0) is 48.9 Å². The Bertz CT molecular complexity index is 1180. The molecule has 1 unspecified atom stereocenters. The van der Waals surface area contributed by atoms with E-state index >= 15 is 0 Å². The standard InChI is InChI=1S/C23H21ClN4O4S/c1-14-11-16(4-5-17(14)28-9-10-32-13-20(28)29)26-23(31)21(15-3-2-8-25-12-15)27-22(30)18-6-7-19(24)33-18/h2-8,11-12,21H,9-10,13H2,1H3,(H,26,31)(H,27,30). The number of nitrogens with one attached hydrogen (secondary N) is 2. The molecule has 3 amide bonds. The minimum absolute atomic E-state index is 0.0554. The summed E-state index contributed by atoms with van der Waals surface area (Å²) in [6.07, 6.45) is 3.12. The fraction of sp³-hybridized carbons (Fsp3) is 0.217. The number of benzene rings is 1. The Labute approximate surface area is 199 Å². The first-order chi connectivity index (χ1) is 15.9. The van der Waals surface area contributed by atoms with E-state index in [-0.39, 0.29) is 12.5 Å². The van der Waals surface area contributed by atoms with Crippen molar-refractivity contribution in [1.82, 2.24) is 10.3 Å². The van der Waals surface area contributed by atoms with Crippen LogP contribution in [0, 0.1) is 6.92 Å². The second kappa shape index (κ2) is 10.1. The van der Waals surface area contributed by atoms with Gasteiger partial charge in [0.2, 0.25) is 0 Å². The first-order valence-electron chi connectivity index (χ1n) is 10.2. The predicted octanol–water partition coefficient (Wildman–Crippen LogP) is 3.58. The van der Waals surface area contributed by atoms with Crippen molar-refractivity contribution in [2.75, 3.05) is 30.0 Å². The maximum Gasteiger partial charge on any atom is 0.262 e. The zero-order chi connectivity index (χ0) is 23.4. The number of anilines is 2. The molecule has 3 heterocycles. The van der Waals surface area contributed by atoms with Crippen molar-refractivity contribution in [2.24, 2.45) is 0 Å². The van der Waals surface area contributed by atoms with Gasteiger partial charge in [0.25, 0.3) is 17.7 Å². The molecule has 33 heavy (non-hydrogen) atoms. The quantitative estimate of drug-likeness (QED) is 0.557. The van der Waals surface area contributed by atoms with Crippen LogP contribution in [0.4, 0.5) is 11.4 Å². The zero-order valence-corrected chi connectivity index (χ0v) is 19.3. The number of amides is 3. The molecule has 0 spiro atoms. The molecule has 0 aliphatic carbocycles. The van der Waals surface area contributed by atoms with Crippen molar-refractivity contribution in [3.63, 3.8) is 0 Å². The molecule has 2 N–H and O–H groups in total. The third kappa shape index (κ3) is 5.39. The van der Waals surface area contributed by atoms with E-state index in [2.05, 4.69) is 15.6 Å². The van der Waals surface area contributed by atoms with Gasteiger partial charge in [-0.3, -0.25) is 19.4 Å². The van der Waals surface area contributed by atoms with Crippen molar-refractivity contribution in [3.8, 4) is 0 Å². The van der Waals surface area contributed by atoms with Crippen LogP contribution in [-0.4, -0.2) is 42.5 Å². The molecule has 0 radical (unpaired) electrons. The number of carbonyl (C=O) groups excluding carboxylic acids is 3. The summed E-state index contributed by atoms with van der Waals surface area (Å²) in [5, 5.41) is 5.61. The Balaban J connectivity index is 1.53. The van der Waals surface area contributed by atoms with Crippen molar-refractivity contribution >= 4 is 52.0 Å². The molecule has 0 bridgehead atoms. The Morgan fingerprint density at radius 2 is 2.09 bits per heavy atom. The molecule has 1 aliphatic heterocycles. The number of nitrogens with zero attached hydrogens (tertiary/aromatic N) is 2. The summed E-state index contributed by atoms with van der Waals surface area (Å²) in [6, 6.07) is 11.0. The van der Waals surface area contributed by atoms with Gasteiger partial charge in [0.15, 0.2) is 0 Å².